The minimum atomic E-state index is -4.95. The van der Waals surface area contributed by atoms with Crippen LogP contribution in [0.1, 0.15) is 23.6 Å². The summed E-state index contributed by atoms with van der Waals surface area (Å²) < 4.78 is 79.9. The summed E-state index contributed by atoms with van der Waals surface area (Å²) in [4.78, 5) is 10.9. The van der Waals surface area contributed by atoms with Crippen LogP contribution in [-0.2, 0) is 17.1 Å². The molecule has 0 aliphatic rings. The Bertz CT molecular complexity index is 533. The van der Waals surface area contributed by atoms with Crippen molar-refractivity contribution in [1.29, 1.82) is 0 Å². The van der Waals surface area contributed by atoms with E-state index in [-0.39, 0.29) is 12.7 Å². The van der Waals surface area contributed by atoms with Crippen molar-refractivity contribution in [3.8, 4) is 0 Å². The summed E-state index contributed by atoms with van der Waals surface area (Å²) in [6.07, 6.45) is -10.2. The normalized spacial score (nSPS) is 12.5. The monoisotopic (exact) mass is 328 g/mol. The van der Waals surface area contributed by atoms with Gasteiger partial charge in [0.1, 0.15) is 0 Å². The lowest BCUT2D eigenvalue weighted by molar-refractivity contribution is -0.143. The van der Waals surface area contributed by atoms with E-state index in [9.17, 15) is 31.1 Å². The molecule has 0 radical (unpaired) electrons. The van der Waals surface area contributed by atoms with E-state index >= 15 is 0 Å². The number of carbonyl (C=O) groups excluding carboxylic acids is 1. The molecule has 0 saturated heterocycles. The highest BCUT2D eigenvalue weighted by atomic mass is 19.4. The quantitative estimate of drug-likeness (QED) is 0.521. The predicted octanol–water partition coefficient (Wildman–Crippen LogP) is 3.80. The lowest BCUT2D eigenvalue weighted by Gasteiger charge is -2.12. The number of benzene rings is 1. The van der Waals surface area contributed by atoms with Gasteiger partial charge in [0.2, 0.25) is 0 Å². The summed E-state index contributed by atoms with van der Waals surface area (Å²) in [5.41, 5.74) is -1.62. The summed E-state index contributed by atoms with van der Waals surface area (Å²) in [6.45, 7) is 1.54. The topological polar surface area (TPSA) is 50.7 Å². The number of alkyl halides is 6. The molecule has 0 bridgehead atoms. The highest BCUT2D eigenvalue weighted by Gasteiger charge is 2.36. The van der Waals surface area contributed by atoms with Crippen LogP contribution < -0.4 is 5.43 Å². The van der Waals surface area contributed by atoms with Gasteiger partial charge in [-0.3, -0.25) is 0 Å². The fourth-order valence-corrected chi connectivity index (χ4v) is 1.38. The zero-order chi connectivity index (χ0) is 17.0. The molecule has 0 saturated carbocycles. The number of carbonyl (C=O) groups is 1. The SMILES string of the molecule is CCOC(=O)NN=Cc1cc(C(F)(F)F)cc(C(F)(F)F)c1. The summed E-state index contributed by atoms with van der Waals surface area (Å²) in [5.74, 6) is 0. The summed E-state index contributed by atoms with van der Waals surface area (Å²) in [6, 6.07) is 0.952. The zero-order valence-electron chi connectivity index (χ0n) is 11.0. The van der Waals surface area contributed by atoms with Crippen LogP contribution in [0.3, 0.4) is 0 Å². The van der Waals surface area contributed by atoms with Crippen LogP contribution in [0.25, 0.3) is 0 Å². The van der Waals surface area contributed by atoms with Gasteiger partial charge in [-0.2, -0.15) is 31.4 Å². The third-order valence-electron chi connectivity index (χ3n) is 2.25. The van der Waals surface area contributed by atoms with Crippen molar-refractivity contribution in [2.45, 2.75) is 19.3 Å². The first kappa shape index (κ1) is 17.8. The maximum Gasteiger partial charge on any atom is 0.427 e. The van der Waals surface area contributed by atoms with Crippen molar-refractivity contribution in [1.82, 2.24) is 5.43 Å². The first-order chi connectivity index (χ1) is 10.0. The molecule has 1 amide bonds. The molecule has 10 heteroatoms. The van der Waals surface area contributed by atoms with Gasteiger partial charge in [0.05, 0.1) is 23.9 Å². The fraction of sp³-hybridized carbons (Fsp3) is 0.333. The Balaban J connectivity index is 3.09. The molecule has 0 aliphatic heterocycles. The van der Waals surface area contributed by atoms with E-state index in [1.807, 2.05) is 0 Å². The van der Waals surface area contributed by atoms with Gasteiger partial charge in [-0.25, -0.2) is 10.2 Å². The second-order valence-corrected chi connectivity index (χ2v) is 3.93. The Morgan fingerprint density at radius 1 is 1.14 bits per heavy atom. The average molecular weight is 328 g/mol. The summed E-state index contributed by atoms with van der Waals surface area (Å²) >= 11 is 0. The largest absolute Gasteiger partial charge is 0.449 e. The van der Waals surface area contributed by atoms with E-state index in [1.165, 1.54) is 6.92 Å². The highest BCUT2D eigenvalue weighted by molar-refractivity contribution is 5.81. The number of amides is 1. The number of hydrazone groups is 1. The number of hydrogen-bond donors (Lipinski definition) is 1. The van der Waals surface area contributed by atoms with Gasteiger partial charge >= 0.3 is 18.4 Å². The van der Waals surface area contributed by atoms with Gasteiger partial charge in [0.15, 0.2) is 0 Å². The molecule has 22 heavy (non-hydrogen) atoms. The van der Waals surface area contributed by atoms with Gasteiger partial charge in [-0.05, 0) is 30.7 Å². The molecule has 0 heterocycles. The Morgan fingerprint density at radius 3 is 2.05 bits per heavy atom. The molecule has 0 aromatic heterocycles. The van der Waals surface area contributed by atoms with Crippen molar-refractivity contribution < 1.29 is 35.9 Å². The standard InChI is InChI=1S/C12H10F6N2O2/c1-2-22-10(21)20-19-6-7-3-8(11(13,14)15)5-9(4-7)12(16,17)18/h3-6H,2H2,1H3,(H,20,21). The molecular weight excluding hydrogens is 318 g/mol. The van der Waals surface area contributed by atoms with E-state index in [1.54, 1.807) is 5.43 Å². The fourth-order valence-electron chi connectivity index (χ4n) is 1.38. The number of hydrogen-bond acceptors (Lipinski definition) is 3. The molecule has 1 N–H and O–H groups in total. The summed E-state index contributed by atoms with van der Waals surface area (Å²) in [7, 11) is 0. The number of nitrogens with one attached hydrogen (secondary N) is 1. The Hall–Kier alpha value is -2.26. The van der Waals surface area contributed by atoms with E-state index in [0.29, 0.717) is 18.3 Å². The maximum atomic E-state index is 12.6. The maximum absolute atomic E-state index is 12.6. The molecular formula is C12H10F6N2O2. The van der Waals surface area contributed by atoms with Crippen LogP contribution in [0.5, 0.6) is 0 Å². The lowest BCUT2D eigenvalue weighted by Crippen LogP contribution is -2.18. The van der Waals surface area contributed by atoms with E-state index in [4.69, 9.17) is 0 Å². The first-order valence-corrected chi connectivity index (χ1v) is 5.79. The zero-order valence-corrected chi connectivity index (χ0v) is 11.0. The molecule has 0 atom stereocenters. The van der Waals surface area contributed by atoms with E-state index < -0.39 is 35.1 Å². The second-order valence-electron chi connectivity index (χ2n) is 3.93. The number of nitrogens with zero attached hydrogens (tertiary/aromatic N) is 1. The average Bonchev–Trinajstić information content (AvgIpc) is 2.36. The molecule has 1 rings (SSSR count). The van der Waals surface area contributed by atoms with Crippen LogP contribution >= 0.6 is 0 Å². The number of halogens is 6. The highest BCUT2D eigenvalue weighted by Crippen LogP contribution is 2.35. The third-order valence-corrected chi connectivity index (χ3v) is 2.25. The van der Waals surface area contributed by atoms with Crippen LogP contribution in [0, 0.1) is 0 Å². The number of rotatable bonds is 3. The Labute approximate surface area is 120 Å². The van der Waals surface area contributed by atoms with Crippen molar-refractivity contribution >= 4 is 12.3 Å². The molecule has 4 nitrogen and oxygen atoms in total. The molecule has 1 aromatic carbocycles. The molecule has 0 aliphatic carbocycles. The third kappa shape index (κ3) is 5.26. The molecule has 1 aromatic rings. The second kappa shape index (κ2) is 6.67. The molecule has 122 valence electrons. The van der Waals surface area contributed by atoms with Crippen molar-refractivity contribution in [2.24, 2.45) is 5.10 Å². The minimum absolute atomic E-state index is 0.00385. The van der Waals surface area contributed by atoms with Crippen LogP contribution in [0.15, 0.2) is 23.3 Å². The van der Waals surface area contributed by atoms with E-state index in [2.05, 4.69) is 9.84 Å². The van der Waals surface area contributed by atoms with Gasteiger partial charge in [-0.1, -0.05) is 0 Å². The van der Waals surface area contributed by atoms with Crippen LogP contribution in [0.4, 0.5) is 31.1 Å². The van der Waals surface area contributed by atoms with Crippen molar-refractivity contribution in [2.75, 3.05) is 6.61 Å². The smallest absolute Gasteiger partial charge is 0.427 e. The minimum Gasteiger partial charge on any atom is -0.449 e. The van der Waals surface area contributed by atoms with Crippen LogP contribution in [0.2, 0.25) is 0 Å². The van der Waals surface area contributed by atoms with E-state index in [0.717, 1.165) is 0 Å². The van der Waals surface area contributed by atoms with Gasteiger partial charge in [-0.15, -0.1) is 0 Å². The van der Waals surface area contributed by atoms with Crippen molar-refractivity contribution in [3.05, 3.63) is 34.9 Å². The Kier molecular flexibility index (Phi) is 5.39. The number of ether oxygens (including phenoxy) is 1. The predicted molar refractivity (Wildman–Crippen MR) is 64.2 cm³/mol. The lowest BCUT2D eigenvalue weighted by atomic mass is 10.1. The van der Waals surface area contributed by atoms with Crippen molar-refractivity contribution in [3.63, 3.8) is 0 Å². The summed E-state index contributed by atoms with van der Waals surface area (Å²) in [5, 5.41) is 3.22. The first-order valence-electron chi connectivity index (χ1n) is 5.79. The van der Waals surface area contributed by atoms with Crippen LogP contribution in [-0.4, -0.2) is 18.9 Å². The van der Waals surface area contributed by atoms with Gasteiger partial charge < -0.3 is 4.74 Å². The Morgan fingerprint density at radius 2 is 1.64 bits per heavy atom. The molecule has 0 unspecified atom stereocenters. The molecule has 0 fully saturated rings. The molecule has 0 spiro atoms. The van der Waals surface area contributed by atoms with Gasteiger partial charge in [0, 0.05) is 0 Å². The van der Waals surface area contributed by atoms with Gasteiger partial charge in [0.25, 0.3) is 0 Å².